The lowest BCUT2D eigenvalue weighted by molar-refractivity contribution is -0.384. The average Bonchev–Trinajstić information content (AvgIpc) is 3.01. The lowest BCUT2D eigenvalue weighted by Crippen LogP contribution is -1.99. The summed E-state index contributed by atoms with van der Waals surface area (Å²) in [6.45, 7) is 0. The van der Waals surface area contributed by atoms with Gasteiger partial charge in [0, 0.05) is 11.6 Å². The van der Waals surface area contributed by atoms with Crippen LogP contribution in [0.15, 0.2) is 79.3 Å². The first-order valence-corrected chi connectivity index (χ1v) is 7.66. The van der Waals surface area contributed by atoms with Gasteiger partial charge in [-0.2, -0.15) is 0 Å². The molecule has 0 bridgehead atoms. The topological polar surface area (TPSA) is 70.2 Å². The highest BCUT2D eigenvalue weighted by Crippen LogP contribution is 2.35. The highest BCUT2D eigenvalue weighted by molar-refractivity contribution is 5.89. The van der Waals surface area contributed by atoms with E-state index in [1.165, 1.54) is 12.4 Å². The van der Waals surface area contributed by atoms with Crippen molar-refractivity contribution in [2.24, 2.45) is 0 Å². The van der Waals surface area contributed by atoms with Crippen LogP contribution in [0, 0.1) is 10.1 Å². The Labute approximate surface area is 143 Å². The molecule has 4 aromatic rings. The lowest BCUT2D eigenvalue weighted by atomic mass is 10.2. The number of pyridine rings is 1. The van der Waals surface area contributed by atoms with Crippen LogP contribution in [0.2, 0.25) is 0 Å². The number of benzene rings is 2. The van der Waals surface area contributed by atoms with Gasteiger partial charge in [0.1, 0.15) is 17.6 Å². The molecule has 6 heteroatoms. The van der Waals surface area contributed by atoms with E-state index in [1.807, 2.05) is 54.6 Å². The molecule has 4 rings (SSSR count). The quantitative estimate of drug-likeness (QED) is 0.400. The van der Waals surface area contributed by atoms with Crippen LogP contribution in [-0.2, 0) is 0 Å². The summed E-state index contributed by atoms with van der Waals surface area (Å²) < 4.78 is 7.75. The third-order valence-electron chi connectivity index (χ3n) is 3.88. The number of nitro groups is 1. The van der Waals surface area contributed by atoms with E-state index >= 15 is 0 Å². The van der Waals surface area contributed by atoms with E-state index in [1.54, 1.807) is 16.8 Å². The minimum absolute atomic E-state index is 0.0606. The van der Waals surface area contributed by atoms with Crippen LogP contribution in [0.4, 0.5) is 5.69 Å². The number of ether oxygens (including phenoxy) is 1. The number of hydrogen-bond donors (Lipinski definition) is 0. The molecule has 0 aliphatic heterocycles. The van der Waals surface area contributed by atoms with Crippen molar-refractivity contribution in [2.45, 2.75) is 0 Å². The molecule has 0 fully saturated rings. The Bertz CT molecular complexity index is 1060. The molecule has 0 saturated heterocycles. The normalized spacial score (nSPS) is 10.7. The molecule has 0 radical (unpaired) electrons. The van der Waals surface area contributed by atoms with Crippen LogP contribution >= 0.6 is 0 Å². The maximum Gasteiger partial charge on any atom is 0.311 e. The van der Waals surface area contributed by atoms with Crippen molar-refractivity contribution >= 4 is 16.6 Å². The van der Waals surface area contributed by atoms with Gasteiger partial charge in [0.15, 0.2) is 5.75 Å². The monoisotopic (exact) mass is 331 g/mol. The summed E-state index contributed by atoms with van der Waals surface area (Å²) in [4.78, 5) is 14.8. The number of aromatic nitrogens is 2. The molecule has 0 unspecified atom stereocenters. The maximum atomic E-state index is 11.3. The smallest absolute Gasteiger partial charge is 0.311 e. The molecule has 0 spiro atoms. The van der Waals surface area contributed by atoms with Crippen molar-refractivity contribution in [1.29, 1.82) is 0 Å². The van der Waals surface area contributed by atoms with Crippen LogP contribution in [0.25, 0.3) is 16.6 Å². The Hall–Kier alpha value is -3.67. The molecule has 0 saturated carbocycles. The van der Waals surface area contributed by atoms with Crippen LogP contribution in [0.1, 0.15) is 0 Å². The van der Waals surface area contributed by atoms with Gasteiger partial charge in [-0.15, -0.1) is 0 Å². The molecule has 0 aliphatic carbocycles. The van der Waals surface area contributed by atoms with Gasteiger partial charge in [-0.1, -0.05) is 30.3 Å². The fourth-order valence-corrected chi connectivity index (χ4v) is 2.77. The third kappa shape index (κ3) is 2.70. The molecule has 2 aromatic heterocycles. The SMILES string of the molecule is O=[N+]([O-])c1cnccc1-n1cc(Oc2ccccc2)c2ccccc21. The predicted molar refractivity (Wildman–Crippen MR) is 94.2 cm³/mol. The minimum atomic E-state index is -0.436. The molecule has 6 nitrogen and oxygen atoms in total. The third-order valence-corrected chi connectivity index (χ3v) is 3.88. The molecule has 0 aliphatic rings. The molecule has 0 atom stereocenters. The van der Waals surface area contributed by atoms with Gasteiger partial charge in [0.05, 0.1) is 16.6 Å². The van der Waals surface area contributed by atoms with Crippen molar-refractivity contribution in [3.63, 3.8) is 0 Å². The first-order chi connectivity index (χ1) is 12.2. The Morgan fingerprint density at radius 1 is 1.00 bits per heavy atom. The Morgan fingerprint density at radius 3 is 2.56 bits per heavy atom. The van der Waals surface area contributed by atoms with Crippen molar-refractivity contribution in [3.05, 3.63) is 89.4 Å². The zero-order valence-electron chi connectivity index (χ0n) is 13.1. The number of hydrogen-bond acceptors (Lipinski definition) is 4. The van der Waals surface area contributed by atoms with Gasteiger partial charge in [-0.05, 0) is 30.3 Å². The molecule has 2 heterocycles. The first kappa shape index (κ1) is 14.9. The molecule has 122 valence electrons. The minimum Gasteiger partial charge on any atom is -0.455 e. The molecular formula is C19H13N3O3. The molecular weight excluding hydrogens is 318 g/mol. The zero-order valence-corrected chi connectivity index (χ0v) is 13.1. The summed E-state index contributed by atoms with van der Waals surface area (Å²) in [6, 6.07) is 18.7. The lowest BCUT2D eigenvalue weighted by Gasteiger charge is -2.05. The van der Waals surface area contributed by atoms with Gasteiger partial charge >= 0.3 is 5.69 Å². The number of para-hydroxylation sites is 2. The highest BCUT2D eigenvalue weighted by Gasteiger charge is 2.19. The number of nitrogens with zero attached hydrogens (tertiary/aromatic N) is 3. The van der Waals surface area contributed by atoms with Crippen LogP contribution < -0.4 is 4.74 Å². The first-order valence-electron chi connectivity index (χ1n) is 7.66. The zero-order chi connectivity index (χ0) is 17.2. The van der Waals surface area contributed by atoms with Crippen LogP contribution in [0.3, 0.4) is 0 Å². The highest BCUT2D eigenvalue weighted by atomic mass is 16.6. The van der Waals surface area contributed by atoms with E-state index in [0.717, 1.165) is 10.9 Å². The fourth-order valence-electron chi connectivity index (χ4n) is 2.77. The summed E-state index contributed by atoms with van der Waals surface area (Å²) in [5.41, 5.74) is 1.20. The molecule has 2 aromatic carbocycles. The van der Waals surface area contributed by atoms with Crippen molar-refractivity contribution in [1.82, 2.24) is 9.55 Å². The summed E-state index contributed by atoms with van der Waals surface area (Å²) in [5.74, 6) is 1.34. The molecule has 0 amide bonds. The van der Waals surface area contributed by atoms with E-state index in [0.29, 0.717) is 17.2 Å². The van der Waals surface area contributed by atoms with Crippen molar-refractivity contribution in [2.75, 3.05) is 0 Å². The number of rotatable bonds is 4. The predicted octanol–water partition coefficient (Wildman–Crippen LogP) is 4.73. The maximum absolute atomic E-state index is 11.3. The Balaban J connectivity index is 1.90. The summed E-state index contributed by atoms with van der Waals surface area (Å²) in [5, 5.41) is 12.2. The second-order valence-corrected chi connectivity index (χ2v) is 5.42. The van der Waals surface area contributed by atoms with Crippen molar-refractivity contribution in [3.8, 4) is 17.2 Å². The van der Waals surface area contributed by atoms with Gasteiger partial charge in [-0.3, -0.25) is 15.1 Å². The molecule has 25 heavy (non-hydrogen) atoms. The number of fused-ring (bicyclic) bond motifs is 1. The standard InChI is InChI=1S/C19H13N3O3/c23-22(24)18-12-20-11-10-17(18)21-13-19(15-8-4-5-9-16(15)21)25-14-6-2-1-3-7-14/h1-13H. The van der Waals surface area contributed by atoms with E-state index < -0.39 is 4.92 Å². The summed E-state index contributed by atoms with van der Waals surface area (Å²) in [6.07, 6.45) is 4.55. The Morgan fingerprint density at radius 2 is 1.76 bits per heavy atom. The average molecular weight is 331 g/mol. The molecule has 0 N–H and O–H groups in total. The van der Waals surface area contributed by atoms with E-state index in [2.05, 4.69) is 4.98 Å². The fraction of sp³-hybridized carbons (Fsp3) is 0. The largest absolute Gasteiger partial charge is 0.455 e. The van der Waals surface area contributed by atoms with E-state index in [9.17, 15) is 10.1 Å². The Kier molecular flexibility index (Phi) is 3.63. The van der Waals surface area contributed by atoms with Gasteiger partial charge in [0.25, 0.3) is 0 Å². The van der Waals surface area contributed by atoms with Gasteiger partial charge in [0.2, 0.25) is 0 Å². The van der Waals surface area contributed by atoms with Gasteiger partial charge < -0.3 is 9.30 Å². The van der Waals surface area contributed by atoms with Gasteiger partial charge in [-0.25, -0.2) is 0 Å². The second-order valence-electron chi connectivity index (χ2n) is 5.42. The van der Waals surface area contributed by atoms with Crippen LogP contribution in [-0.4, -0.2) is 14.5 Å². The summed E-state index contributed by atoms with van der Waals surface area (Å²) in [7, 11) is 0. The summed E-state index contributed by atoms with van der Waals surface area (Å²) >= 11 is 0. The van der Waals surface area contributed by atoms with Crippen molar-refractivity contribution < 1.29 is 9.66 Å². The van der Waals surface area contributed by atoms with E-state index in [-0.39, 0.29) is 5.69 Å². The van der Waals surface area contributed by atoms with Crippen LogP contribution in [0.5, 0.6) is 11.5 Å². The van der Waals surface area contributed by atoms with E-state index in [4.69, 9.17) is 4.74 Å². The second kappa shape index (κ2) is 6.09.